The van der Waals surface area contributed by atoms with Crippen LogP contribution in [0, 0.1) is 0 Å². The number of carbonyl (C=O) groups is 3. The van der Waals surface area contributed by atoms with E-state index in [9.17, 15) is 14.4 Å². The second-order valence-corrected chi connectivity index (χ2v) is 7.18. The number of rotatable bonds is 6. The van der Waals surface area contributed by atoms with E-state index < -0.39 is 5.97 Å². The third-order valence-corrected chi connectivity index (χ3v) is 5.31. The summed E-state index contributed by atoms with van der Waals surface area (Å²) in [5, 5.41) is 0.873. The monoisotopic (exact) mass is 391 g/mol. The van der Waals surface area contributed by atoms with Gasteiger partial charge >= 0.3 is 5.97 Å². The van der Waals surface area contributed by atoms with Crippen molar-refractivity contribution < 1.29 is 23.5 Å². The van der Waals surface area contributed by atoms with Crippen LogP contribution in [0.25, 0.3) is 11.0 Å². The zero-order valence-corrected chi connectivity index (χ0v) is 16.4. The Morgan fingerprint density at radius 2 is 2.00 bits per heavy atom. The lowest BCUT2D eigenvalue weighted by Crippen LogP contribution is -2.20. The highest BCUT2D eigenvalue weighted by Gasteiger charge is 2.25. The summed E-state index contributed by atoms with van der Waals surface area (Å²) in [4.78, 5) is 38.0. The molecular formula is C23H21NO5. The number of aryl methyl sites for hydroxylation is 1. The number of ether oxygens (including phenoxy) is 1. The lowest BCUT2D eigenvalue weighted by molar-refractivity contribution is -0.141. The quantitative estimate of drug-likeness (QED) is 0.475. The van der Waals surface area contributed by atoms with Crippen LogP contribution < -0.4 is 4.90 Å². The number of hydrogen-bond donors (Lipinski definition) is 0. The summed E-state index contributed by atoms with van der Waals surface area (Å²) in [6, 6.07) is 11.0. The molecule has 4 rings (SSSR count). The highest BCUT2D eigenvalue weighted by molar-refractivity contribution is 6.04. The Morgan fingerprint density at radius 1 is 1.17 bits per heavy atom. The molecule has 1 aromatic heterocycles. The standard InChI is InChI=1S/C23H21NO5/c1-3-14-4-6-18-17(12-28-21(18)8-14)11-23(27)29-13-20(25)15-5-7-19-16(9-15)10-22(26)24(19)2/h4-9,12H,3,10-11,13H2,1-2H3. The van der Waals surface area contributed by atoms with Gasteiger partial charge in [-0.1, -0.05) is 19.1 Å². The average Bonchev–Trinajstić information content (AvgIpc) is 3.25. The van der Waals surface area contributed by atoms with Crippen molar-refractivity contribution in [2.75, 3.05) is 18.6 Å². The molecule has 1 amide bonds. The van der Waals surface area contributed by atoms with Crippen LogP contribution in [0.5, 0.6) is 0 Å². The van der Waals surface area contributed by atoms with Gasteiger partial charge in [0.05, 0.1) is 19.1 Å². The first-order valence-electron chi connectivity index (χ1n) is 9.53. The summed E-state index contributed by atoms with van der Waals surface area (Å²) in [5.74, 6) is -0.793. The molecule has 0 aliphatic carbocycles. The van der Waals surface area contributed by atoms with E-state index in [4.69, 9.17) is 9.15 Å². The van der Waals surface area contributed by atoms with Crippen molar-refractivity contribution >= 4 is 34.3 Å². The van der Waals surface area contributed by atoms with Gasteiger partial charge in [0.1, 0.15) is 5.58 Å². The molecule has 0 saturated heterocycles. The largest absolute Gasteiger partial charge is 0.464 e. The molecule has 0 spiro atoms. The lowest BCUT2D eigenvalue weighted by Gasteiger charge is -2.10. The number of likely N-dealkylation sites (N-methyl/N-ethyl adjacent to an activating group) is 1. The predicted octanol–water partition coefficient (Wildman–Crippen LogP) is 3.48. The van der Waals surface area contributed by atoms with Gasteiger partial charge in [-0.2, -0.15) is 0 Å². The Morgan fingerprint density at radius 3 is 2.79 bits per heavy atom. The number of benzene rings is 2. The number of amides is 1. The zero-order chi connectivity index (χ0) is 20.5. The van der Waals surface area contributed by atoms with Crippen molar-refractivity contribution in [3.05, 3.63) is 64.9 Å². The summed E-state index contributed by atoms with van der Waals surface area (Å²) in [5.41, 5.74) is 4.68. The van der Waals surface area contributed by atoms with E-state index in [1.54, 1.807) is 36.4 Å². The number of anilines is 1. The fourth-order valence-corrected chi connectivity index (χ4v) is 3.56. The number of Topliss-reactive ketones (excluding diaryl/α,β-unsaturated/α-hetero) is 1. The Labute approximate surface area is 168 Å². The minimum Gasteiger partial charge on any atom is -0.464 e. The Kier molecular flexibility index (Phi) is 4.92. The molecule has 0 saturated carbocycles. The Balaban J connectivity index is 1.38. The molecule has 6 heteroatoms. The average molecular weight is 391 g/mol. The highest BCUT2D eigenvalue weighted by atomic mass is 16.5. The zero-order valence-electron chi connectivity index (χ0n) is 16.4. The number of nitrogens with zero attached hydrogens (tertiary/aromatic N) is 1. The van der Waals surface area contributed by atoms with Crippen molar-refractivity contribution in [3.8, 4) is 0 Å². The smallest absolute Gasteiger partial charge is 0.310 e. The number of ketones is 1. The van der Waals surface area contributed by atoms with Gasteiger partial charge < -0.3 is 14.1 Å². The number of furan rings is 1. The first kappa shape index (κ1) is 18.9. The molecule has 1 aliphatic rings. The normalized spacial score (nSPS) is 13.0. The molecule has 0 bridgehead atoms. The van der Waals surface area contributed by atoms with Crippen LogP contribution >= 0.6 is 0 Å². The maximum Gasteiger partial charge on any atom is 0.310 e. The van der Waals surface area contributed by atoms with Gasteiger partial charge in [0.2, 0.25) is 5.91 Å². The van der Waals surface area contributed by atoms with Crippen molar-refractivity contribution in [2.24, 2.45) is 0 Å². The van der Waals surface area contributed by atoms with E-state index >= 15 is 0 Å². The van der Waals surface area contributed by atoms with Crippen LogP contribution in [0.3, 0.4) is 0 Å². The van der Waals surface area contributed by atoms with Gasteiger partial charge in [0.15, 0.2) is 12.4 Å². The molecule has 1 aliphatic heterocycles. The fraction of sp³-hybridized carbons (Fsp3) is 0.261. The molecule has 6 nitrogen and oxygen atoms in total. The molecule has 3 aromatic rings. The third kappa shape index (κ3) is 3.66. The molecule has 148 valence electrons. The topological polar surface area (TPSA) is 76.8 Å². The maximum absolute atomic E-state index is 12.4. The first-order valence-corrected chi connectivity index (χ1v) is 9.53. The van der Waals surface area contributed by atoms with Crippen molar-refractivity contribution in [3.63, 3.8) is 0 Å². The summed E-state index contributed by atoms with van der Waals surface area (Å²) in [6.45, 7) is 1.73. The summed E-state index contributed by atoms with van der Waals surface area (Å²) in [6.07, 6.45) is 2.78. The van der Waals surface area contributed by atoms with E-state index in [0.29, 0.717) is 5.56 Å². The van der Waals surface area contributed by atoms with E-state index in [2.05, 4.69) is 6.92 Å². The Bertz CT molecular complexity index is 1130. The highest BCUT2D eigenvalue weighted by Crippen LogP contribution is 2.28. The van der Waals surface area contributed by atoms with Crippen molar-refractivity contribution in [1.82, 2.24) is 0 Å². The van der Waals surface area contributed by atoms with Gasteiger partial charge in [0.25, 0.3) is 0 Å². The number of hydrogen-bond acceptors (Lipinski definition) is 5. The van der Waals surface area contributed by atoms with E-state index in [0.717, 1.165) is 39.8 Å². The number of fused-ring (bicyclic) bond motifs is 2. The summed E-state index contributed by atoms with van der Waals surface area (Å²) in [7, 11) is 1.71. The molecular weight excluding hydrogens is 370 g/mol. The minimum atomic E-state index is -0.489. The van der Waals surface area contributed by atoms with Crippen LogP contribution in [0.1, 0.15) is 34.0 Å². The van der Waals surface area contributed by atoms with Gasteiger partial charge in [-0.15, -0.1) is 0 Å². The molecule has 0 unspecified atom stereocenters. The lowest BCUT2D eigenvalue weighted by atomic mass is 10.1. The van der Waals surface area contributed by atoms with Gasteiger partial charge in [-0.05, 0) is 41.8 Å². The van der Waals surface area contributed by atoms with E-state index in [1.165, 1.54) is 0 Å². The number of carbonyl (C=O) groups excluding carboxylic acids is 3. The Hall–Kier alpha value is -3.41. The summed E-state index contributed by atoms with van der Waals surface area (Å²) >= 11 is 0. The second-order valence-electron chi connectivity index (χ2n) is 7.18. The molecule has 0 fully saturated rings. The molecule has 2 heterocycles. The third-order valence-electron chi connectivity index (χ3n) is 5.31. The molecule has 2 aromatic carbocycles. The molecule has 29 heavy (non-hydrogen) atoms. The van der Waals surface area contributed by atoms with Gasteiger partial charge in [-0.25, -0.2) is 0 Å². The second kappa shape index (κ2) is 7.54. The summed E-state index contributed by atoms with van der Waals surface area (Å²) < 4.78 is 10.7. The maximum atomic E-state index is 12.4. The van der Waals surface area contributed by atoms with Gasteiger partial charge in [0, 0.05) is 29.2 Å². The molecule has 0 radical (unpaired) electrons. The number of esters is 1. The molecule has 0 atom stereocenters. The minimum absolute atomic E-state index is 0.00516. The first-order chi connectivity index (χ1) is 14.0. The van der Waals surface area contributed by atoms with Crippen molar-refractivity contribution in [2.45, 2.75) is 26.2 Å². The predicted molar refractivity (Wildman–Crippen MR) is 108 cm³/mol. The van der Waals surface area contributed by atoms with Crippen LogP contribution in [-0.4, -0.2) is 31.3 Å². The van der Waals surface area contributed by atoms with Gasteiger partial charge in [-0.3, -0.25) is 14.4 Å². The van der Waals surface area contributed by atoms with Crippen LogP contribution in [0.15, 0.2) is 47.1 Å². The van der Waals surface area contributed by atoms with Crippen LogP contribution in [0.2, 0.25) is 0 Å². The van der Waals surface area contributed by atoms with Crippen LogP contribution in [-0.2, 0) is 33.6 Å². The van der Waals surface area contributed by atoms with Crippen LogP contribution in [0.4, 0.5) is 5.69 Å². The fourth-order valence-electron chi connectivity index (χ4n) is 3.56. The van der Waals surface area contributed by atoms with E-state index in [1.807, 2.05) is 18.2 Å². The van der Waals surface area contributed by atoms with Crippen molar-refractivity contribution in [1.29, 1.82) is 0 Å². The SMILES string of the molecule is CCc1ccc2c(CC(=O)OCC(=O)c3ccc4c(c3)CC(=O)N4C)coc2c1. The van der Waals surface area contributed by atoms with E-state index in [-0.39, 0.29) is 31.1 Å². The molecule has 0 N–H and O–H groups in total.